The molecule has 0 aromatic heterocycles. The van der Waals surface area contributed by atoms with Crippen LogP contribution in [0.2, 0.25) is 5.02 Å². The molecule has 5 heteroatoms. The Kier molecular flexibility index (Phi) is 7.82. The topological polar surface area (TPSA) is 35.6 Å². The zero-order chi connectivity index (χ0) is 24.0. The number of carbonyl (C=O) groups excluding carboxylic acids is 1. The van der Waals surface area contributed by atoms with Gasteiger partial charge in [0.1, 0.15) is 0 Å². The standard InChI is InChI=1S/C30H34ClN3O/c31-29-13-11-25(12-14-29)19-33-16-3-6-28(22-33)30(35)32-18-23-7-9-24(10-8-23)20-34-17-15-26-4-1-2-5-27(26)21-34/h1-2,4-5,7-14,28H,3,6,15-22H2,(H,32,35). The highest BCUT2D eigenvalue weighted by atomic mass is 35.5. The van der Waals surface area contributed by atoms with E-state index < -0.39 is 0 Å². The van der Waals surface area contributed by atoms with Gasteiger partial charge in [-0.15, -0.1) is 0 Å². The zero-order valence-corrected chi connectivity index (χ0v) is 21.0. The van der Waals surface area contributed by atoms with Crippen LogP contribution in [0, 0.1) is 5.92 Å². The Morgan fingerprint density at radius 1 is 0.829 bits per heavy atom. The third-order valence-corrected chi connectivity index (χ3v) is 7.55. The number of hydrogen-bond acceptors (Lipinski definition) is 3. The van der Waals surface area contributed by atoms with E-state index in [0.717, 1.165) is 69.1 Å². The predicted octanol–water partition coefficient (Wildman–Crippen LogP) is 5.43. The molecule has 1 N–H and O–H groups in total. The molecule has 0 spiro atoms. The van der Waals surface area contributed by atoms with Crippen molar-refractivity contribution < 1.29 is 4.79 Å². The summed E-state index contributed by atoms with van der Waals surface area (Å²) in [4.78, 5) is 17.8. The number of rotatable bonds is 7. The fourth-order valence-corrected chi connectivity index (χ4v) is 5.43. The van der Waals surface area contributed by atoms with Gasteiger partial charge < -0.3 is 5.32 Å². The molecule has 2 aliphatic rings. The third kappa shape index (κ3) is 6.52. The molecule has 0 saturated carbocycles. The molecule has 5 rings (SSSR count). The van der Waals surface area contributed by atoms with Crippen molar-refractivity contribution in [3.8, 4) is 0 Å². The van der Waals surface area contributed by atoms with Crippen LogP contribution in [0.4, 0.5) is 0 Å². The van der Waals surface area contributed by atoms with E-state index in [1.807, 2.05) is 12.1 Å². The molecular formula is C30H34ClN3O. The number of nitrogens with one attached hydrogen (secondary N) is 1. The highest BCUT2D eigenvalue weighted by Crippen LogP contribution is 2.22. The molecule has 2 aliphatic heterocycles. The van der Waals surface area contributed by atoms with Gasteiger partial charge >= 0.3 is 0 Å². The Morgan fingerprint density at radius 2 is 1.49 bits per heavy atom. The Balaban J connectivity index is 1.08. The molecule has 35 heavy (non-hydrogen) atoms. The summed E-state index contributed by atoms with van der Waals surface area (Å²) in [7, 11) is 0. The van der Waals surface area contributed by atoms with Crippen LogP contribution in [0.25, 0.3) is 0 Å². The summed E-state index contributed by atoms with van der Waals surface area (Å²) in [6.45, 7) is 6.39. The van der Waals surface area contributed by atoms with Gasteiger partial charge in [-0.05, 0) is 65.8 Å². The minimum Gasteiger partial charge on any atom is -0.352 e. The largest absolute Gasteiger partial charge is 0.352 e. The van der Waals surface area contributed by atoms with Crippen molar-refractivity contribution >= 4 is 17.5 Å². The minimum atomic E-state index is 0.0531. The smallest absolute Gasteiger partial charge is 0.224 e. The number of piperidine rings is 1. The molecule has 0 radical (unpaired) electrons. The summed E-state index contributed by atoms with van der Waals surface area (Å²) in [5.41, 5.74) is 6.65. The highest BCUT2D eigenvalue weighted by molar-refractivity contribution is 6.30. The molecule has 1 fully saturated rings. The van der Waals surface area contributed by atoms with Crippen molar-refractivity contribution in [3.05, 3.63) is 106 Å². The van der Waals surface area contributed by atoms with Crippen molar-refractivity contribution in [1.29, 1.82) is 0 Å². The SMILES string of the molecule is O=C(NCc1ccc(CN2CCc3ccccc3C2)cc1)C1CCCN(Cc2ccc(Cl)cc2)C1. The quantitative estimate of drug-likeness (QED) is 0.483. The van der Waals surface area contributed by atoms with Crippen LogP contribution in [0.15, 0.2) is 72.8 Å². The number of hydrogen-bond donors (Lipinski definition) is 1. The van der Waals surface area contributed by atoms with Crippen molar-refractivity contribution in [1.82, 2.24) is 15.1 Å². The van der Waals surface area contributed by atoms with E-state index in [9.17, 15) is 4.79 Å². The van der Waals surface area contributed by atoms with Crippen LogP contribution in [0.5, 0.6) is 0 Å². The molecule has 182 valence electrons. The molecule has 4 nitrogen and oxygen atoms in total. The molecular weight excluding hydrogens is 454 g/mol. The summed E-state index contributed by atoms with van der Waals surface area (Å²) in [5, 5.41) is 3.94. The maximum atomic E-state index is 12.9. The molecule has 2 heterocycles. The number of halogens is 1. The maximum absolute atomic E-state index is 12.9. The summed E-state index contributed by atoms with van der Waals surface area (Å²) in [5.74, 6) is 0.221. The lowest BCUT2D eigenvalue weighted by Gasteiger charge is -2.32. The highest BCUT2D eigenvalue weighted by Gasteiger charge is 2.25. The average molecular weight is 488 g/mol. The second-order valence-corrected chi connectivity index (χ2v) is 10.4. The van der Waals surface area contributed by atoms with Gasteiger partial charge in [0.15, 0.2) is 0 Å². The van der Waals surface area contributed by atoms with Gasteiger partial charge in [0.25, 0.3) is 0 Å². The molecule has 1 amide bonds. The van der Waals surface area contributed by atoms with E-state index >= 15 is 0 Å². The molecule has 0 aliphatic carbocycles. The molecule has 3 aromatic rings. The number of nitrogens with zero attached hydrogens (tertiary/aromatic N) is 2. The van der Waals surface area contributed by atoms with Crippen LogP contribution in [0.3, 0.4) is 0 Å². The Hall–Kier alpha value is -2.66. The van der Waals surface area contributed by atoms with E-state index in [-0.39, 0.29) is 11.8 Å². The Labute approximate surface area is 213 Å². The number of carbonyl (C=O) groups is 1. The van der Waals surface area contributed by atoms with Gasteiger partial charge in [0, 0.05) is 44.3 Å². The first-order valence-corrected chi connectivity index (χ1v) is 13.1. The van der Waals surface area contributed by atoms with Crippen molar-refractivity contribution in [2.24, 2.45) is 5.92 Å². The lowest BCUT2D eigenvalue weighted by Crippen LogP contribution is -2.42. The van der Waals surface area contributed by atoms with Crippen molar-refractivity contribution in [2.45, 2.75) is 45.4 Å². The number of likely N-dealkylation sites (tertiary alicyclic amines) is 1. The predicted molar refractivity (Wildman–Crippen MR) is 142 cm³/mol. The molecule has 1 saturated heterocycles. The summed E-state index contributed by atoms with van der Waals surface area (Å²) >= 11 is 6.00. The average Bonchev–Trinajstić information content (AvgIpc) is 2.89. The van der Waals surface area contributed by atoms with E-state index in [1.54, 1.807) is 0 Å². The van der Waals surface area contributed by atoms with Gasteiger partial charge in [-0.25, -0.2) is 0 Å². The Bertz CT molecular complexity index is 1130. The minimum absolute atomic E-state index is 0.0531. The summed E-state index contributed by atoms with van der Waals surface area (Å²) < 4.78 is 0. The maximum Gasteiger partial charge on any atom is 0.224 e. The molecule has 3 aromatic carbocycles. The fourth-order valence-electron chi connectivity index (χ4n) is 5.30. The molecule has 0 bridgehead atoms. The summed E-state index contributed by atoms with van der Waals surface area (Å²) in [6, 6.07) is 25.5. The van der Waals surface area contributed by atoms with Crippen LogP contribution in [0.1, 0.15) is 40.7 Å². The monoisotopic (exact) mass is 487 g/mol. The first-order chi connectivity index (χ1) is 17.1. The number of amides is 1. The fraction of sp³-hybridized carbons (Fsp3) is 0.367. The Morgan fingerprint density at radius 3 is 2.26 bits per heavy atom. The lowest BCUT2D eigenvalue weighted by molar-refractivity contribution is -0.126. The van der Waals surface area contributed by atoms with E-state index in [0.29, 0.717) is 6.54 Å². The second-order valence-electron chi connectivity index (χ2n) is 9.96. The van der Waals surface area contributed by atoms with Crippen LogP contribution in [-0.4, -0.2) is 35.3 Å². The van der Waals surface area contributed by atoms with E-state index in [1.165, 1.54) is 22.3 Å². The van der Waals surface area contributed by atoms with E-state index in [2.05, 4.69) is 75.8 Å². The van der Waals surface area contributed by atoms with Crippen LogP contribution >= 0.6 is 11.6 Å². The van der Waals surface area contributed by atoms with Gasteiger partial charge in [-0.3, -0.25) is 14.6 Å². The lowest BCUT2D eigenvalue weighted by atomic mass is 9.96. The normalized spacial score (nSPS) is 18.7. The van der Waals surface area contributed by atoms with Gasteiger partial charge in [-0.1, -0.05) is 72.3 Å². The third-order valence-electron chi connectivity index (χ3n) is 7.30. The number of benzene rings is 3. The first-order valence-electron chi connectivity index (χ1n) is 12.7. The first kappa shape index (κ1) is 24.1. The van der Waals surface area contributed by atoms with Crippen LogP contribution < -0.4 is 5.32 Å². The van der Waals surface area contributed by atoms with Crippen LogP contribution in [-0.2, 0) is 37.4 Å². The van der Waals surface area contributed by atoms with E-state index in [4.69, 9.17) is 11.6 Å². The summed E-state index contributed by atoms with van der Waals surface area (Å²) in [6.07, 6.45) is 3.14. The second kappa shape index (κ2) is 11.4. The van der Waals surface area contributed by atoms with Gasteiger partial charge in [-0.2, -0.15) is 0 Å². The number of fused-ring (bicyclic) bond motifs is 1. The van der Waals surface area contributed by atoms with Gasteiger partial charge in [0.2, 0.25) is 5.91 Å². The molecule has 1 atom stereocenters. The zero-order valence-electron chi connectivity index (χ0n) is 20.3. The van der Waals surface area contributed by atoms with Gasteiger partial charge in [0.05, 0.1) is 5.92 Å². The molecule has 1 unspecified atom stereocenters. The van der Waals surface area contributed by atoms with Crippen molar-refractivity contribution in [3.63, 3.8) is 0 Å². The van der Waals surface area contributed by atoms with Crippen molar-refractivity contribution in [2.75, 3.05) is 19.6 Å².